The standard InChI is InChI=1S/C22H35F2N5O4S/c1-20(12-22(20,23)24)13-29-17-5-4-15(34(32,33)26-21(2)6-7-21)8-16(17)18(30)28(19(29)31)11-14-9-25-27(3)10-14/h14-17,25-26H,4-13H2,1-3H3. The van der Waals surface area contributed by atoms with Crippen molar-refractivity contribution in [2.24, 2.45) is 17.3 Å². The van der Waals surface area contributed by atoms with Crippen molar-refractivity contribution in [3.63, 3.8) is 0 Å². The zero-order valence-electron chi connectivity index (χ0n) is 20.0. The first kappa shape index (κ1) is 24.3. The van der Waals surface area contributed by atoms with E-state index in [4.69, 9.17) is 0 Å². The Morgan fingerprint density at radius 3 is 2.41 bits per heavy atom. The van der Waals surface area contributed by atoms with E-state index in [-0.39, 0.29) is 37.8 Å². The van der Waals surface area contributed by atoms with E-state index < -0.39 is 50.1 Å². The van der Waals surface area contributed by atoms with Crippen molar-refractivity contribution in [1.82, 2.24) is 25.0 Å². The van der Waals surface area contributed by atoms with Crippen LogP contribution in [0.15, 0.2) is 0 Å². The number of hydrogen-bond acceptors (Lipinski definition) is 6. The van der Waals surface area contributed by atoms with Gasteiger partial charge in [-0.2, -0.15) is 0 Å². The van der Waals surface area contributed by atoms with Crippen LogP contribution in [0.1, 0.15) is 52.4 Å². The van der Waals surface area contributed by atoms with Crippen LogP contribution in [0.4, 0.5) is 13.6 Å². The highest BCUT2D eigenvalue weighted by molar-refractivity contribution is 7.90. The van der Waals surface area contributed by atoms with Gasteiger partial charge in [-0.05, 0) is 39.0 Å². The molecule has 0 aromatic rings. The number of amides is 3. The number of nitrogens with zero attached hydrogens (tertiary/aromatic N) is 3. The van der Waals surface area contributed by atoms with Gasteiger partial charge in [-0.1, -0.05) is 6.92 Å². The van der Waals surface area contributed by atoms with Gasteiger partial charge in [0.05, 0.1) is 16.6 Å². The summed E-state index contributed by atoms with van der Waals surface area (Å²) < 4.78 is 57.1. The molecule has 5 aliphatic rings. The molecule has 192 valence electrons. The number of fused-ring (bicyclic) bond motifs is 1. The lowest BCUT2D eigenvalue weighted by Gasteiger charge is -2.49. The van der Waals surface area contributed by atoms with Gasteiger partial charge in [0.15, 0.2) is 0 Å². The Morgan fingerprint density at radius 2 is 1.85 bits per heavy atom. The molecule has 0 aromatic carbocycles. The molecule has 9 nitrogen and oxygen atoms in total. The topological polar surface area (TPSA) is 102 Å². The van der Waals surface area contributed by atoms with E-state index in [2.05, 4.69) is 10.1 Å². The van der Waals surface area contributed by atoms with Gasteiger partial charge in [-0.15, -0.1) is 0 Å². The van der Waals surface area contributed by atoms with Crippen LogP contribution in [-0.4, -0.2) is 91.1 Å². The molecule has 2 heterocycles. The minimum Gasteiger partial charge on any atom is -0.320 e. The van der Waals surface area contributed by atoms with E-state index in [1.165, 1.54) is 16.7 Å². The molecule has 0 spiro atoms. The molecule has 34 heavy (non-hydrogen) atoms. The molecule has 5 rings (SSSR count). The molecule has 3 aliphatic carbocycles. The largest absolute Gasteiger partial charge is 0.327 e. The number of sulfonamides is 1. The van der Waals surface area contributed by atoms with Crippen molar-refractivity contribution in [2.45, 2.75) is 75.1 Å². The van der Waals surface area contributed by atoms with Crippen LogP contribution in [0.25, 0.3) is 0 Å². The van der Waals surface area contributed by atoms with Gasteiger partial charge in [0.25, 0.3) is 5.92 Å². The van der Waals surface area contributed by atoms with Crippen molar-refractivity contribution in [2.75, 3.05) is 33.2 Å². The summed E-state index contributed by atoms with van der Waals surface area (Å²) in [4.78, 5) is 29.7. The summed E-state index contributed by atoms with van der Waals surface area (Å²) >= 11 is 0. The van der Waals surface area contributed by atoms with Crippen LogP contribution < -0.4 is 10.1 Å². The number of hydrogen-bond donors (Lipinski definition) is 2. The maximum Gasteiger partial charge on any atom is 0.327 e. The average molecular weight is 504 g/mol. The van der Waals surface area contributed by atoms with Gasteiger partial charge < -0.3 is 4.90 Å². The summed E-state index contributed by atoms with van der Waals surface area (Å²) in [7, 11) is -1.76. The molecule has 0 bridgehead atoms. The third kappa shape index (κ3) is 4.24. The highest BCUT2D eigenvalue weighted by atomic mass is 32.2. The third-order valence-electron chi connectivity index (χ3n) is 8.57. The summed E-state index contributed by atoms with van der Waals surface area (Å²) in [5.41, 5.74) is 1.44. The molecule has 5 atom stereocenters. The third-order valence-corrected chi connectivity index (χ3v) is 10.6. The smallest absolute Gasteiger partial charge is 0.320 e. The monoisotopic (exact) mass is 503 g/mol. The van der Waals surface area contributed by atoms with Gasteiger partial charge >= 0.3 is 6.03 Å². The molecule has 3 amide bonds. The Kier molecular flexibility index (Phi) is 5.59. The highest BCUT2D eigenvalue weighted by Gasteiger charge is 2.69. The number of hydrazine groups is 1. The minimum absolute atomic E-state index is 0.0221. The van der Waals surface area contributed by atoms with E-state index in [0.29, 0.717) is 25.9 Å². The van der Waals surface area contributed by atoms with Gasteiger partial charge in [-0.3, -0.25) is 15.1 Å². The van der Waals surface area contributed by atoms with Crippen molar-refractivity contribution in [1.29, 1.82) is 0 Å². The molecular formula is C22H35F2N5O4S. The summed E-state index contributed by atoms with van der Waals surface area (Å²) in [5.74, 6) is -3.89. The van der Waals surface area contributed by atoms with Gasteiger partial charge in [-0.25, -0.2) is 31.7 Å². The lowest BCUT2D eigenvalue weighted by Crippen LogP contribution is -2.65. The zero-order chi connectivity index (χ0) is 24.7. The number of imide groups is 1. The molecule has 5 unspecified atom stereocenters. The van der Waals surface area contributed by atoms with Crippen LogP contribution in [0, 0.1) is 17.3 Å². The number of urea groups is 1. The molecular weight excluding hydrogens is 468 g/mol. The number of carbonyl (C=O) groups excluding carboxylic acids is 2. The lowest BCUT2D eigenvalue weighted by atomic mass is 9.80. The Labute approximate surface area is 199 Å². The summed E-state index contributed by atoms with van der Waals surface area (Å²) in [6.07, 6.45) is 2.01. The number of carbonyl (C=O) groups is 2. The second-order valence-corrected chi connectivity index (χ2v) is 13.7. The summed E-state index contributed by atoms with van der Waals surface area (Å²) in [5, 5.41) is 1.16. The molecule has 0 radical (unpaired) electrons. The van der Waals surface area contributed by atoms with Crippen molar-refractivity contribution in [3.8, 4) is 0 Å². The Bertz CT molecular complexity index is 990. The molecule has 5 fully saturated rings. The Balaban J connectivity index is 1.39. The van der Waals surface area contributed by atoms with Crippen molar-refractivity contribution in [3.05, 3.63) is 0 Å². The summed E-state index contributed by atoms with van der Waals surface area (Å²) in [6.45, 7) is 4.67. The van der Waals surface area contributed by atoms with E-state index in [0.717, 1.165) is 12.8 Å². The number of halogens is 2. The molecule has 2 saturated heterocycles. The quantitative estimate of drug-likeness (QED) is 0.544. The normalized spacial score (nSPS) is 39.3. The van der Waals surface area contributed by atoms with E-state index in [1.807, 2.05) is 19.0 Å². The molecule has 12 heteroatoms. The second kappa shape index (κ2) is 7.81. The van der Waals surface area contributed by atoms with Crippen LogP contribution >= 0.6 is 0 Å². The number of rotatable bonds is 7. The van der Waals surface area contributed by atoms with Crippen molar-refractivity contribution < 1.29 is 26.8 Å². The second-order valence-electron chi connectivity index (χ2n) is 11.7. The van der Waals surface area contributed by atoms with Crippen LogP contribution in [-0.2, 0) is 14.8 Å². The molecule has 3 saturated carbocycles. The average Bonchev–Trinajstić information content (AvgIpc) is 3.50. The predicted molar refractivity (Wildman–Crippen MR) is 120 cm³/mol. The van der Waals surface area contributed by atoms with Gasteiger partial charge in [0.1, 0.15) is 0 Å². The van der Waals surface area contributed by atoms with Gasteiger partial charge in [0, 0.05) is 57.1 Å². The van der Waals surface area contributed by atoms with Crippen LogP contribution in [0.2, 0.25) is 0 Å². The van der Waals surface area contributed by atoms with E-state index in [1.54, 1.807) is 0 Å². The molecule has 2 N–H and O–H groups in total. The van der Waals surface area contributed by atoms with Gasteiger partial charge in [0.2, 0.25) is 15.9 Å². The SMILES string of the molecule is CN1CC(CN2C(=O)C3CC(S(=O)(=O)NC4(C)CC4)CCC3N(CC3(C)CC3(F)F)C2=O)CN1. The fourth-order valence-corrected chi connectivity index (χ4v) is 7.84. The first-order valence-corrected chi connectivity index (χ1v) is 13.8. The molecule has 0 aromatic heterocycles. The number of nitrogens with one attached hydrogen (secondary N) is 2. The summed E-state index contributed by atoms with van der Waals surface area (Å²) in [6, 6.07) is -1.06. The Hall–Kier alpha value is -1.37. The number of alkyl halides is 2. The maximum absolute atomic E-state index is 14.1. The minimum atomic E-state index is -3.63. The van der Waals surface area contributed by atoms with Crippen LogP contribution in [0.3, 0.4) is 0 Å². The van der Waals surface area contributed by atoms with Crippen LogP contribution in [0.5, 0.6) is 0 Å². The lowest BCUT2D eigenvalue weighted by molar-refractivity contribution is -0.141. The Morgan fingerprint density at radius 1 is 1.18 bits per heavy atom. The predicted octanol–water partition coefficient (Wildman–Crippen LogP) is 1.37. The first-order chi connectivity index (χ1) is 15.7. The van der Waals surface area contributed by atoms with Crippen molar-refractivity contribution >= 4 is 22.0 Å². The van der Waals surface area contributed by atoms with E-state index >= 15 is 0 Å². The molecule has 2 aliphatic heterocycles. The maximum atomic E-state index is 14.1. The first-order valence-electron chi connectivity index (χ1n) is 12.2. The zero-order valence-corrected chi connectivity index (χ0v) is 20.8. The van der Waals surface area contributed by atoms with E-state index in [9.17, 15) is 26.8 Å². The fourth-order valence-electron chi connectivity index (χ4n) is 5.87. The highest BCUT2D eigenvalue weighted by Crippen LogP contribution is 2.61. The fraction of sp³-hybridized carbons (Fsp3) is 0.909.